The van der Waals surface area contributed by atoms with Gasteiger partial charge in [0.05, 0.1) is 11.6 Å². The Hall–Kier alpha value is -1.11. The van der Waals surface area contributed by atoms with E-state index in [-0.39, 0.29) is 0 Å². The van der Waals surface area contributed by atoms with Crippen LogP contribution in [0.1, 0.15) is 16.7 Å². The highest BCUT2D eigenvalue weighted by atomic mass is 79.9. The summed E-state index contributed by atoms with van der Waals surface area (Å²) in [6.07, 6.45) is 0. The highest BCUT2D eigenvalue weighted by Crippen LogP contribution is 2.25. The average molecular weight is 365 g/mol. The molecular formula is C15H11Br2N. The van der Waals surface area contributed by atoms with E-state index in [0.717, 1.165) is 32.9 Å². The van der Waals surface area contributed by atoms with Crippen LogP contribution in [0.2, 0.25) is 0 Å². The summed E-state index contributed by atoms with van der Waals surface area (Å²) in [5.41, 5.74) is 5.14. The van der Waals surface area contributed by atoms with Crippen LogP contribution in [0.3, 0.4) is 0 Å². The van der Waals surface area contributed by atoms with Gasteiger partial charge in [-0.25, -0.2) is 0 Å². The van der Waals surface area contributed by atoms with E-state index < -0.39 is 0 Å². The molecule has 90 valence electrons. The Morgan fingerprint density at radius 3 is 2.06 bits per heavy atom. The zero-order chi connectivity index (χ0) is 13.0. The van der Waals surface area contributed by atoms with Crippen LogP contribution in [0.15, 0.2) is 42.5 Å². The summed E-state index contributed by atoms with van der Waals surface area (Å²) in [6, 6.07) is 16.5. The number of rotatable bonds is 3. The van der Waals surface area contributed by atoms with Gasteiger partial charge < -0.3 is 0 Å². The predicted molar refractivity (Wildman–Crippen MR) is 81.9 cm³/mol. The van der Waals surface area contributed by atoms with Gasteiger partial charge in [0.25, 0.3) is 0 Å². The van der Waals surface area contributed by atoms with Crippen LogP contribution in [0, 0.1) is 11.3 Å². The monoisotopic (exact) mass is 363 g/mol. The molecule has 18 heavy (non-hydrogen) atoms. The van der Waals surface area contributed by atoms with E-state index in [0.29, 0.717) is 0 Å². The highest BCUT2D eigenvalue weighted by molar-refractivity contribution is 9.08. The molecule has 0 unspecified atom stereocenters. The van der Waals surface area contributed by atoms with Gasteiger partial charge >= 0.3 is 0 Å². The van der Waals surface area contributed by atoms with Gasteiger partial charge in [0.15, 0.2) is 0 Å². The summed E-state index contributed by atoms with van der Waals surface area (Å²) in [7, 11) is 0. The molecule has 1 nitrogen and oxygen atoms in total. The summed E-state index contributed by atoms with van der Waals surface area (Å²) >= 11 is 6.83. The van der Waals surface area contributed by atoms with Crippen molar-refractivity contribution in [3.05, 3.63) is 59.2 Å². The van der Waals surface area contributed by atoms with E-state index in [4.69, 9.17) is 0 Å². The Morgan fingerprint density at radius 1 is 0.889 bits per heavy atom. The molecule has 0 atom stereocenters. The SMILES string of the molecule is N#Cc1cc(CBr)ccc1-c1ccc(CBr)cc1. The molecule has 2 rings (SSSR count). The van der Waals surface area contributed by atoms with Crippen LogP contribution in [-0.2, 0) is 10.7 Å². The number of alkyl halides is 2. The van der Waals surface area contributed by atoms with E-state index in [9.17, 15) is 5.26 Å². The summed E-state index contributed by atoms with van der Waals surface area (Å²) < 4.78 is 0. The van der Waals surface area contributed by atoms with Gasteiger partial charge in [0.2, 0.25) is 0 Å². The first kappa shape index (κ1) is 13.3. The van der Waals surface area contributed by atoms with E-state index in [1.165, 1.54) is 5.56 Å². The molecule has 0 bridgehead atoms. The summed E-state index contributed by atoms with van der Waals surface area (Å²) in [5, 5.41) is 10.8. The zero-order valence-corrected chi connectivity index (χ0v) is 12.8. The van der Waals surface area contributed by atoms with Crippen molar-refractivity contribution in [3.8, 4) is 17.2 Å². The van der Waals surface area contributed by atoms with Crippen molar-refractivity contribution >= 4 is 31.9 Å². The lowest BCUT2D eigenvalue weighted by Crippen LogP contribution is -1.88. The van der Waals surface area contributed by atoms with Gasteiger partial charge in [-0.1, -0.05) is 68.3 Å². The number of benzene rings is 2. The highest BCUT2D eigenvalue weighted by Gasteiger charge is 2.05. The first-order valence-corrected chi connectivity index (χ1v) is 7.77. The number of nitriles is 1. The van der Waals surface area contributed by atoms with Crippen LogP contribution >= 0.6 is 31.9 Å². The normalized spacial score (nSPS) is 10.1. The van der Waals surface area contributed by atoms with Gasteiger partial charge in [-0.3, -0.25) is 0 Å². The molecule has 0 aliphatic heterocycles. The van der Waals surface area contributed by atoms with Gasteiger partial charge in [-0.05, 0) is 28.3 Å². The van der Waals surface area contributed by atoms with Crippen molar-refractivity contribution in [2.75, 3.05) is 0 Å². The van der Waals surface area contributed by atoms with E-state index >= 15 is 0 Å². The fourth-order valence-corrected chi connectivity index (χ4v) is 2.51. The largest absolute Gasteiger partial charge is 0.192 e. The minimum atomic E-state index is 0.721. The Labute approximate surface area is 124 Å². The Morgan fingerprint density at radius 2 is 1.50 bits per heavy atom. The molecule has 0 heterocycles. The standard InChI is InChI=1S/C15H11Br2N/c16-8-11-1-4-13(5-2-11)15-6-3-12(9-17)7-14(15)10-18/h1-7H,8-9H2. The van der Waals surface area contributed by atoms with E-state index in [1.54, 1.807) is 0 Å². The number of nitrogens with zero attached hydrogens (tertiary/aromatic N) is 1. The Balaban J connectivity index is 2.46. The van der Waals surface area contributed by atoms with Gasteiger partial charge in [-0.2, -0.15) is 5.26 Å². The lowest BCUT2D eigenvalue weighted by molar-refractivity contribution is 1.39. The summed E-state index contributed by atoms with van der Waals surface area (Å²) in [4.78, 5) is 0. The number of hydrogen-bond acceptors (Lipinski definition) is 1. The fraction of sp³-hybridized carbons (Fsp3) is 0.133. The van der Waals surface area contributed by atoms with Crippen LogP contribution in [0.25, 0.3) is 11.1 Å². The van der Waals surface area contributed by atoms with Crippen LogP contribution < -0.4 is 0 Å². The van der Waals surface area contributed by atoms with Crippen molar-refractivity contribution in [1.82, 2.24) is 0 Å². The Bertz CT molecular complexity index is 582. The Kier molecular flexibility index (Phi) is 4.57. The molecule has 0 aliphatic carbocycles. The second-order valence-electron chi connectivity index (χ2n) is 3.96. The van der Waals surface area contributed by atoms with Crippen molar-refractivity contribution in [3.63, 3.8) is 0 Å². The van der Waals surface area contributed by atoms with Crippen LogP contribution in [-0.4, -0.2) is 0 Å². The molecule has 0 saturated carbocycles. The van der Waals surface area contributed by atoms with Crippen molar-refractivity contribution in [2.24, 2.45) is 0 Å². The summed E-state index contributed by atoms with van der Waals surface area (Å²) in [6.45, 7) is 0. The first-order valence-electron chi connectivity index (χ1n) is 5.52. The van der Waals surface area contributed by atoms with Crippen molar-refractivity contribution in [2.45, 2.75) is 10.7 Å². The fourth-order valence-electron chi connectivity index (χ4n) is 1.79. The zero-order valence-electron chi connectivity index (χ0n) is 9.66. The molecule has 0 aliphatic rings. The molecule has 2 aromatic carbocycles. The minimum absolute atomic E-state index is 0.721. The quantitative estimate of drug-likeness (QED) is 0.702. The van der Waals surface area contributed by atoms with Crippen molar-refractivity contribution < 1.29 is 0 Å². The lowest BCUT2D eigenvalue weighted by Gasteiger charge is -2.06. The molecule has 0 aromatic heterocycles. The molecule has 0 amide bonds. The molecule has 0 saturated heterocycles. The van der Waals surface area contributed by atoms with Gasteiger partial charge in [-0.15, -0.1) is 0 Å². The van der Waals surface area contributed by atoms with E-state index in [1.807, 2.05) is 18.2 Å². The van der Waals surface area contributed by atoms with Crippen LogP contribution in [0.5, 0.6) is 0 Å². The molecule has 2 aromatic rings. The number of hydrogen-bond donors (Lipinski definition) is 0. The van der Waals surface area contributed by atoms with E-state index in [2.05, 4.69) is 62.2 Å². The minimum Gasteiger partial charge on any atom is -0.192 e. The molecule has 0 spiro atoms. The van der Waals surface area contributed by atoms with Crippen LogP contribution in [0.4, 0.5) is 0 Å². The van der Waals surface area contributed by atoms with Crippen molar-refractivity contribution in [1.29, 1.82) is 5.26 Å². The average Bonchev–Trinajstić information content (AvgIpc) is 2.46. The molecule has 0 fully saturated rings. The second-order valence-corrected chi connectivity index (χ2v) is 5.08. The predicted octanol–water partition coefficient (Wildman–Crippen LogP) is 5.02. The third kappa shape index (κ3) is 2.82. The van der Waals surface area contributed by atoms with Gasteiger partial charge in [0, 0.05) is 10.7 Å². The molecule has 0 N–H and O–H groups in total. The summed E-state index contributed by atoms with van der Waals surface area (Å²) in [5.74, 6) is 0. The first-order chi connectivity index (χ1) is 8.78. The van der Waals surface area contributed by atoms with Gasteiger partial charge in [0.1, 0.15) is 0 Å². The number of halogens is 2. The maximum Gasteiger partial charge on any atom is 0.0998 e. The maximum atomic E-state index is 9.23. The smallest absolute Gasteiger partial charge is 0.0998 e. The third-order valence-electron chi connectivity index (χ3n) is 2.78. The maximum absolute atomic E-state index is 9.23. The molecule has 3 heteroatoms. The lowest BCUT2D eigenvalue weighted by atomic mass is 9.98. The molecular weight excluding hydrogens is 354 g/mol. The second kappa shape index (κ2) is 6.17. The molecule has 0 radical (unpaired) electrons. The third-order valence-corrected chi connectivity index (χ3v) is 4.07. The topological polar surface area (TPSA) is 23.8 Å².